The predicted molar refractivity (Wildman–Crippen MR) is 67.5 cm³/mol. The van der Waals surface area contributed by atoms with Crippen LogP contribution in [0.3, 0.4) is 0 Å². The number of aromatic nitrogens is 1. The van der Waals surface area contributed by atoms with Gasteiger partial charge in [0.05, 0.1) is 11.6 Å². The van der Waals surface area contributed by atoms with Gasteiger partial charge in [-0.3, -0.25) is 0 Å². The number of hydrogen-bond acceptors (Lipinski definition) is 4. The number of pyridine rings is 1. The van der Waals surface area contributed by atoms with Gasteiger partial charge in [-0.25, -0.2) is 4.98 Å². The Morgan fingerprint density at radius 1 is 1.62 bits per heavy atom. The summed E-state index contributed by atoms with van der Waals surface area (Å²) in [6.45, 7) is 0.941. The van der Waals surface area contributed by atoms with Gasteiger partial charge in [0.15, 0.2) is 0 Å². The Morgan fingerprint density at radius 3 is 3.00 bits per heavy atom. The first-order chi connectivity index (χ1) is 7.78. The number of thioether (sulfide) groups is 1. The van der Waals surface area contributed by atoms with Gasteiger partial charge in [-0.05, 0) is 31.2 Å². The van der Waals surface area contributed by atoms with Crippen LogP contribution >= 0.6 is 11.8 Å². The SMILES string of the molecule is CSC1(CNc2cc(C#N)ccn2)CCC1. The van der Waals surface area contributed by atoms with Crippen LogP contribution in [0.1, 0.15) is 24.8 Å². The quantitative estimate of drug-likeness (QED) is 0.868. The molecular weight excluding hydrogens is 218 g/mol. The van der Waals surface area contributed by atoms with Gasteiger partial charge in [-0.2, -0.15) is 17.0 Å². The second kappa shape index (κ2) is 4.75. The zero-order valence-electron chi connectivity index (χ0n) is 9.36. The van der Waals surface area contributed by atoms with Crippen molar-refractivity contribution in [2.75, 3.05) is 18.1 Å². The first kappa shape index (κ1) is 11.3. The summed E-state index contributed by atoms with van der Waals surface area (Å²) in [4.78, 5) is 4.21. The standard InChI is InChI=1S/C12H15N3S/c1-16-12(4-2-5-12)9-15-11-7-10(8-13)3-6-14-11/h3,6-7H,2,4-5,9H2,1H3,(H,14,15). The van der Waals surface area contributed by atoms with Crippen LogP contribution in [0.15, 0.2) is 18.3 Å². The molecule has 0 spiro atoms. The van der Waals surface area contributed by atoms with Gasteiger partial charge in [0.2, 0.25) is 0 Å². The van der Waals surface area contributed by atoms with E-state index in [1.165, 1.54) is 19.3 Å². The topological polar surface area (TPSA) is 48.7 Å². The number of nitrogens with one attached hydrogen (secondary N) is 1. The van der Waals surface area contributed by atoms with Crippen molar-refractivity contribution < 1.29 is 0 Å². The van der Waals surface area contributed by atoms with Crippen LogP contribution in [0.2, 0.25) is 0 Å². The maximum absolute atomic E-state index is 8.78. The molecule has 0 aromatic carbocycles. The summed E-state index contributed by atoms with van der Waals surface area (Å²) in [5, 5.41) is 12.1. The van der Waals surface area contributed by atoms with Crippen molar-refractivity contribution in [1.29, 1.82) is 5.26 Å². The lowest BCUT2D eigenvalue weighted by molar-refractivity contribution is 0.379. The number of rotatable bonds is 4. The first-order valence-corrected chi connectivity index (χ1v) is 6.66. The highest BCUT2D eigenvalue weighted by Gasteiger charge is 2.35. The minimum Gasteiger partial charge on any atom is -0.369 e. The van der Waals surface area contributed by atoms with Gasteiger partial charge in [0.25, 0.3) is 0 Å². The molecule has 0 radical (unpaired) electrons. The monoisotopic (exact) mass is 233 g/mol. The number of nitrogens with zero attached hydrogens (tertiary/aromatic N) is 2. The summed E-state index contributed by atoms with van der Waals surface area (Å²) in [6, 6.07) is 5.64. The fourth-order valence-electron chi connectivity index (χ4n) is 1.87. The van der Waals surface area contributed by atoms with Crippen molar-refractivity contribution >= 4 is 17.6 Å². The Balaban J connectivity index is 1.96. The minimum absolute atomic E-state index is 0.393. The summed E-state index contributed by atoms with van der Waals surface area (Å²) in [5.74, 6) is 0.805. The minimum atomic E-state index is 0.393. The number of hydrogen-bond donors (Lipinski definition) is 1. The number of anilines is 1. The van der Waals surface area contributed by atoms with Crippen LogP contribution in [0.4, 0.5) is 5.82 Å². The average molecular weight is 233 g/mol. The molecule has 1 aliphatic rings. The summed E-state index contributed by atoms with van der Waals surface area (Å²) in [6.07, 6.45) is 7.72. The molecule has 2 rings (SSSR count). The highest BCUT2D eigenvalue weighted by Crippen LogP contribution is 2.42. The van der Waals surface area contributed by atoms with E-state index in [1.807, 2.05) is 11.8 Å². The van der Waals surface area contributed by atoms with Gasteiger partial charge >= 0.3 is 0 Å². The molecular formula is C12H15N3S. The van der Waals surface area contributed by atoms with Crippen LogP contribution in [0.5, 0.6) is 0 Å². The van der Waals surface area contributed by atoms with E-state index in [2.05, 4.69) is 22.6 Å². The molecule has 16 heavy (non-hydrogen) atoms. The third-order valence-electron chi connectivity index (χ3n) is 3.18. The highest BCUT2D eigenvalue weighted by molar-refractivity contribution is 8.00. The van der Waals surface area contributed by atoms with Crippen LogP contribution in [-0.2, 0) is 0 Å². The lowest BCUT2D eigenvalue weighted by Crippen LogP contribution is -2.40. The third-order valence-corrected chi connectivity index (χ3v) is 4.60. The molecule has 0 amide bonds. The van der Waals surface area contributed by atoms with E-state index < -0.39 is 0 Å². The van der Waals surface area contributed by atoms with E-state index in [4.69, 9.17) is 5.26 Å². The number of nitriles is 1. The normalized spacial score (nSPS) is 17.2. The molecule has 4 heteroatoms. The molecule has 1 saturated carbocycles. The van der Waals surface area contributed by atoms with Crippen molar-refractivity contribution in [3.63, 3.8) is 0 Å². The van der Waals surface area contributed by atoms with Crippen molar-refractivity contribution in [3.8, 4) is 6.07 Å². The van der Waals surface area contributed by atoms with Crippen molar-refractivity contribution in [1.82, 2.24) is 4.98 Å². The fourth-order valence-corrected chi connectivity index (χ4v) is 2.79. The zero-order valence-corrected chi connectivity index (χ0v) is 10.2. The molecule has 0 bridgehead atoms. The largest absolute Gasteiger partial charge is 0.369 e. The van der Waals surface area contributed by atoms with Gasteiger partial charge in [0, 0.05) is 17.5 Å². The van der Waals surface area contributed by atoms with Gasteiger partial charge in [-0.1, -0.05) is 6.42 Å². The molecule has 1 fully saturated rings. The van der Waals surface area contributed by atoms with Gasteiger partial charge < -0.3 is 5.32 Å². The van der Waals surface area contributed by atoms with E-state index in [9.17, 15) is 0 Å². The maximum Gasteiger partial charge on any atom is 0.127 e. The molecule has 0 unspecified atom stereocenters. The fraction of sp³-hybridized carbons (Fsp3) is 0.500. The molecule has 1 aliphatic carbocycles. The Kier molecular flexibility index (Phi) is 3.35. The second-order valence-corrected chi connectivity index (χ2v) is 5.41. The molecule has 0 atom stereocenters. The summed E-state index contributed by atoms with van der Waals surface area (Å²) in [7, 11) is 0. The van der Waals surface area contributed by atoms with Crippen molar-refractivity contribution in [2.24, 2.45) is 0 Å². The lowest BCUT2D eigenvalue weighted by Gasteiger charge is -2.40. The Bertz CT molecular complexity index is 401. The van der Waals surface area contributed by atoms with Crippen LogP contribution in [0, 0.1) is 11.3 Å². The zero-order chi connectivity index (χ0) is 11.4. The van der Waals surface area contributed by atoms with Crippen molar-refractivity contribution in [2.45, 2.75) is 24.0 Å². The molecule has 84 valence electrons. The smallest absolute Gasteiger partial charge is 0.127 e. The molecule has 1 N–H and O–H groups in total. The van der Waals surface area contributed by atoms with Crippen LogP contribution < -0.4 is 5.32 Å². The van der Waals surface area contributed by atoms with E-state index in [0.717, 1.165) is 12.4 Å². The molecule has 1 aromatic rings. The Hall–Kier alpha value is -1.21. The van der Waals surface area contributed by atoms with E-state index in [0.29, 0.717) is 10.3 Å². The Labute approximate surface area is 100 Å². The highest BCUT2D eigenvalue weighted by atomic mass is 32.2. The van der Waals surface area contributed by atoms with Gasteiger partial charge in [-0.15, -0.1) is 0 Å². The predicted octanol–water partition coefficient (Wildman–Crippen LogP) is 2.65. The lowest BCUT2D eigenvalue weighted by atomic mass is 9.84. The molecule has 1 heterocycles. The Morgan fingerprint density at radius 2 is 2.44 bits per heavy atom. The third kappa shape index (κ3) is 2.30. The first-order valence-electron chi connectivity index (χ1n) is 5.43. The molecule has 3 nitrogen and oxygen atoms in total. The van der Waals surface area contributed by atoms with E-state index in [1.54, 1.807) is 18.3 Å². The molecule has 0 saturated heterocycles. The van der Waals surface area contributed by atoms with Crippen LogP contribution in [0.25, 0.3) is 0 Å². The summed E-state index contributed by atoms with van der Waals surface area (Å²) >= 11 is 1.93. The average Bonchev–Trinajstić information content (AvgIpc) is 2.29. The van der Waals surface area contributed by atoms with Crippen LogP contribution in [-0.4, -0.2) is 22.5 Å². The maximum atomic E-state index is 8.78. The summed E-state index contributed by atoms with van der Waals surface area (Å²) in [5.41, 5.74) is 0.657. The second-order valence-electron chi connectivity index (χ2n) is 4.14. The van der Waals surface area contributed by atoms with Crippen molar-refractivity contribution in [3.05, 3.63) is 23.9 Å². The molecule has 1 aromatic heterocycles. The summed E-state index contributed by atoms with van der Waals surface area (Å²) < 4.78 is 0.393. The van der Waals surface area contributed by atoms with E-state index >= 15 is 0 Å². The van der Waals surface area contributed by atoms with E-state index in [-0.39, 0.29) is 0 Å². The molecule has 0 aliphatic heterocycles. The van der Waals surface area contributed by atoms with Gasteiger partial charge in [0.1, 0.15) is 5.82 Å².